The van der Waals surface area contributed by atoms with Crippen LogP contribution in [0.3, 0.4) is 0 Å². The van der Waals surface area contributed by atoms with E-state index in [0.29, 0.717) is 40.4 Å². The van der Waals surface area contributed by atoms with Crippen molar-refractivity contribution in [3.8, 4) is 28.6 Å². The zero-order valence-electron chi connectivity index (χ0n) is 18.2. The highest BCUT2D eigenvalue weighted by Crippen LogP contribution is 2.49. The summed E-state index contributed by atoms with van der Waals surface area (Å²) in [6.45, 7) is 2.11. The number of hydrogen-bond donors (Lipinski definition) is 1. The van der Waals surface area contributed by atoms with Crippen LogP contribution in [0.25, 0.3) is 11.4 Å². The lowest BCUT2D eigenvalue weighted by atomic mass is 10.0. The van der Waals surface area contributed by atoms with Crippen LogP contribution in [0, 0.1) is 0 Å². The molecule has 1 aliphatic rings. The fraction of sp³-hybridized carbons (Fsp3) is 0.318. The van der Waals surface area contributed by atoms with Crippen molar-refractivity contribution in [3.63, 3.8) is 0 Å². The Hall–Kier alpha value is -3.40. The maximum Gasteiger partial charge on any atom is 0.309 e. The van der Waals surface area contributed by atoms with Gasteiger partial charge in [-0.15, -0.1) is 10.2 Å². The lowest BCUT2D eigenvalue weighted by Crippen LogP contribution is -2.36. The Labute approximate surface area is 190 Å². The summed E-state index contributed by atoms with van der Waals surface area (Å²) in [6, 6.07) is 13.4. The number of rotatable bonds is 8. The summed E-state index contributed by atoms with van der Waals surface area (Å²) < 4.78 is 23.4. The Bertz CT molecular complexity index is 1100. The molecule has 0 aliphatic carbocycles. The van der Waals surface area contributed by atoms with Gasteiger partial charge in [-0.1, -0.05) is 30.3 Å². The van der Waals surface area contributed by atoms with Crippen LogP contribution in [-0.4, -0.2) is 48.8 Å². The van der Waals surface area contributed by atoms with Gasteiger partial charge in [0.05, 0.1) is 34.4 Å². The molecule has 1 atom stereocenters. The molecule has 0 spiro atoms. The lowest BCUT2D eigenvalue weighted by Gasteiger charge is -2.28. The summed E-state index contributed by atoms with van der Waals surface area (Å²) in [6.07, 6.45) is 0.119. The van der Waals surface area contributed by atoms with Gasteiger partial charge in [0.25, 0.3) is 0 Å². The molecule has 0 amide bonds. The minimum Gasteiger partial charge on any atom is -0.493 e. The molecule has 1 aromatic heterocycles. The second-order valence-corrected chi connectivity index (χ2v) is 8.21. The van der Waals surface area contributed by atoms with E-state index >= 15 is 0 Å². The summed E-state index contributed by atoms with van der Waals surface area (Å²) in [5.41, 5.74) is 5.09. The van der Waals surface area contributed by atoms with Crippen molar-refractivity contribution >= 4 is 17.7 Å². The molecule has 10 heteroatoms. The van der Waals surface area contributed by atoms with E-state index in [-0.39, 0.29) is 12.4 Å². The smallest absolute Gasteiger partial charge is 0.309 e. The number of ether oxygens (including phenoxy) is 4. The standard InChI is InChI=1S/C22H24N4O5S/c1-5-31-18(27)13-22(15-9-7-6-8-10-15)25-26-20(23-24-21(26)32-22)14-11-16(28-2)19(30-4)17(12-14)29-3/h6-12,25H,5,13H2,1-4H3. The number of hydrogen-bond acceptors (Lipinski definition) is 9. The van der Waals surface area contributed by atoms with Gasteiger partial charge in [-0.05, 0) is 36.4 Å². The number of carbonyl (C=O) groups excluding carboxylic acids is 1. The molecule has 168 valence electrons. The summed E-state index contributed by atoms with van der Waals surface area (Å²) in [5, 5.41) is 9.33. The molecule has 0 saturated heterocycles. The summed E-state index contributed by atoms with van der Waals surface area (Å²) in [5.74, 6) is 1.75. The first kappa shape index (κ1) is 21.8. The van der Waals surface area contributed by atoms with Crippen molar-refractivity contribution in [1.82, 2.24) is 14.9 Å². The minimum absolute atomic E-state index is 0.119. The van der Waals surface area contributed by atoms with E-state index in [0.717, 1.165) is 5.56 Å². The molecule has 2 aromatic carbocycles. The first-order valence-corrected chi connectivity index (χ1v) is 10.8. The van der Waals surface area contributed by atoms with Gasteiger partial charge < -0.3 is 24.4 Å². The SMILES string of the molecule is CCOC(=O)CC1(c2ccccc2)Nn2c(nnc2-c2cc(OC)c(OC)c(OC)c2)S1. The van der Waals surface area contributed by atoms with Crippen LogP contribution in [0.5, 0.6) is 17.2 Å². The van der Waals surface area contributed by atoms with Gasteiger partial charge in [0.1, 0.15) is 4.87 Å². The van der Waals surface area contributed by atoms with Gasteiger partial charge >= 0.3 is 5.97 Å². The lowest BCUT2D eigenvalue weighted by molar-refractivity contribution is -0.143. The first-order valence-electron chi connectivity index (χ1n) is 9.99. The van der Waals surface area contributed by atoms with E-state index in [2.05, 4.69) is 15.6 Å². The topological polar surface area (TPSA) is 96.7 Å². The number of thioether (sulfide) groups is 1. The van der Waals surface area contributed by atoms with Crippen LogP contribution in [0.1, 0.15) is 18.9 Å². The van der Waals surface area contributed by atoms with Gasteiger partial charge in [0, 0.05) is 5.56 Å². The highest BCUT2D eigenvalue weighted by Gasteiger charge is 2.44. The highest BCUT2D eigenvalue weighted by atomic mass is 32.2. The predicted molar refractivity (Wildman–Crippen MR) is 120 cm³/mol. The molecular weight excluding hydrogens is 432 g/mol. The number of nitrogens with one attached hydrogen (secondary N) is 1. The largest absolute Gasteiger partial charge is 0.493 e. The minimum atomic E-state index is -0.784. The van der Waals surface area contributed by atoms with Gasteiger partial charge in [-0.3, -0.25) is 4.79 Å². The number of carbonyl (C=O) groups is 1. The first-order chi connectivity index (χ1) is 15.5. The Morgan fingerprint density at radius 2 is 1.75 bits per heavy atom. The van der Waals surface area contributed by atoms with E-state index in [1.807, 2.05) is 30.3 Å². The molecule has 1 unspecified atom stereocenters. The molecule has 2 heterocycles. The van der Waals surface area contributed by atoms with E-state index in [4.69, 9.17) is 18.9 Å². The van der Waals surface area contributed by atoms with Crippen molar-refractivity contribution in [3.05, 3.63) is 48.0 Å². The maximum atomic E-state index is 12.5. The van der Waals surface area contributed by atoms with E-state index in [1.54, 1.807) is 45.1 Å². The zero-order valence-corrected chi connectivity index (χ0v) is 19.1. The molecule has 1 aliphatic heterocycles. The number of aromatic nitrogens is 3. The number of nitrogens with zero attached hydrogens (tertiary/aromatic N) is 3. The average molecular weight is 457 g/mol. The van der Waals surface area contributed by atoms with Crippen LogP contribution < -0.4 is 19.6 Å². The Balaban J connectivity index is 1.76. The number of benzene rings is 2. The van der Waals surface area contributed by atoms with Gasteiger partial charge in [0.15, 0.2) is 17.3 Å². The Morgan fingerprint density at radius 1 is 1.06 bits per heavy atom. The highest BCUT2D eigenvalue weighted by molar-refractivity contribution is 8.00. The van der Waals surface area contributed by atoms with Crippen molar-refractivity contribution in [2.45, 2.75) is 23.4 Å². The Kier molecular flexibility index (Phi) is 6.13. The van der Waals surface area contributed by atoms with Crippen LogP contribution in [0.4, 0.5) is 0 Å². The predicted octanol–water partition coefficient (Wildman–Crippen LogP) is 3.43. The van der Waals surface area contributed by atoms with Gasteiger partial charge in [0.2, 0.25) is 10.9 Å². The quantitative estimate of drug-likeness (QED) is 0.511. The van der Waals surface area contributed by atoms with E-state index in [1.165, 1.54) is 11.8 Å². The Morgan fingerprint density at radius 3 is 2.34 bits per heavy atom. The van der Waals surface area contributed by atoms with E-state index < -0.39 is 4.87 Å². The van der Waals surface area contributed by atoms with Crippen molar-refractivity contribution < 1.29 is 23.7 Å². The van der Waals surface area contributed by atoms with Crippen LogP contribution in [0.15, 0.2) is 47.6 Å². The molecule has 4 rings (SSSR count). The third kappa shape index (κ3) is 3.81. The normalized spacial score (nSPS) is 16.8. The zero-order chi connectivity index (χ0) is 22.7. The molecule has 0 fully saturated rings. The second kappa shape index (κ2) is 8.99. The number of methoxy groups -OCH3 is 3. The summed E-state index contributed by atoms with van der Waals surface area (Å²) >= 11 is 1.42. The number of esters is 1. The van der Waals surface area contributed by atoms with Crippen LogP contribution in [-0.2, 0) is 14.4 Å². The monoisotopic (exact) mass is 456 g/mol. The third-order valence-corrected chi connectivity index (χ3v) is 6.32. The maximum absolute atomic E-state index is 12.5. The van der Waals surface area contributed by atoms with Gasteiger partial charge in [-0.2, -0.15) is 0 Å². The average Bonchev–Trinajstić information content (AvgIpc) is 3.36. The molecule has 0 radical (unpaired) electrons. The molecule has 1 N–H and O–H groups in total. The fourth-order valence-corrected chi connectivity index (χ4v) is 4.81. The molecular formula is C22H24N4O5S. The second-order valence-electron chi connectivity index (χ2n) is 6.94. The van der Waals surface area contributed by atoms with Crippen molar-refractivity contribution in [2.75, 3.05) is 33.4 Å². The van der Waals surface area contributed by atoms with Crippen LogP contribution >= 0.6 is 11.8 Å². The molecule has 3 aromatic rings. The van der Waals surface area contributed by atoms with E-state index in [9.17, 15) is 4.79 Å². The number of fused-ring (bicyclic) bond motifs is 1. The fourth-order valence-electron chi connectivity index (χ4n) is 3.62. The van der Waals surface area contributed by atoms with Crippen LogP contribution in [0.2, 0.25) is 0 Å². The molecule has 9 nitrogen and oxygen atoms in total. The molecule has 0 bridgehead atoms. The molecule has 0 saturated carbocycles. The van der Waals surface area contributed by atoms with Crippen molar-refractivity contribution in [1.29, 1.82) is 0 Å². The third-order valence-electron chi connectivity index (χ3n) is 5.05. The summed E-state index contributed by atoms with van der Waals surface area (Å²) in [7, 11) is 4.67. The summed E-state index contributed by atoms with van der Waals surface area (Å²) in [4.78, 5) is 11.7. The van der Waals surface area contributed by atoms with Gasteiger partial charge in [-0.25, -0.2) is 4.68 Å². The van der Waals surface area contributed by atoms with Crippen molar-refractivity contribution in [2.24, 2.45) is 0 Å². The molecule has 32 heavy (non-hydrogen) atoms.